The van der Waals surface area contributed by atoms with E-state index < -0.39 is 60.1 Å². The minimum atomic E-state index is -3.27. The van der Waals surface area contributed by atoms with Crippen LogP contribution < -0.4 is 20.1 Å². The number of aliphatic carboxylic acids is 1. The molecular formula is C24H19Cl2F2N3O6. The lowest BCUT2D eigenvalue weighted by atomic mass is 9.73. The van der Waals surface area contributed by atoms with Crippen molar-refractivity contribution < 1.29 is 37.7 Å². The standard InChI is InChI=1S/C24H19Cl2F2N3O6/c25-10-6-11-18(12(26)7-10)30-22(35)24(11)17(21(33)34)16(14-8-23(27,28)9-31(14)24)20(32)29-13-2-1-3-15-19(13)37-5-4-36-15/h1-3,6-7,14,16-17H,4-5,8-9H2,(H,29,32)(H,30,35)(H,33,34)/t14-,16+,17-,24+/m1/s1. The maximum Gasteiger partial charge on any atom is 0.310 e. The third kappa shape index (κ3) is 3.40. The highest BCUT2D eigenvalue weighted by Gasteiger charge is 2.74. The number of carboxylic acids is 1. The number of anilines is 2. The number of para-hydroxylation sites is 1. The van der Waals surface area contributed by atoms with Gasteiger partial charge >= 0.3 is 5.97 Å². The molecule has 2 aromatic rings. The Morgan fingerprint density at radius 2 is 1.95 bits per heavy atom. The molecule has 4 aliphatic rings. The molecule has 13 heteroatoms. The quantitative estimate of drug-likeness (QED) is 0.531. The van der Waals surface area contributed by atoms with E-state index in [1.165, 1.54) is 18.2 Å². The Bertz CT molecular complexity index is 1370. The van der Waals surface area contributed by atoms with E-state index in [1.807, 2.05) is 0 Å². The van der Waals surface area contributed by atoms with Crippen molar-refractivity contribution in [2.24, 2.45) is 11.8 Å². The molecule has 4 aliphatic heterocycles. The van der Waals surface area contributed by atoms with Crippen molar-refractivity contribution in [2.45, 2.75) is 23.9 Å². The van der Waals surface area contributed by atoms with Crippen molar-refractivity contribution in [1.82, 2.24) is 4.90 Å². The number of ether oxygens (including phenoxy) is 2. The summed E-state index contributed by atoms with van der Waals surface area (Å²) in [5.41, 5.74) is -1.79. The lowest BCUT2D eigenvalue weighted by Crippen LogP contribution is -2.54. The fraction of sp³-hybridized carbons (Fsp3) is 0.375. The number of amides is 2. The Labute approximate surface area is 218 Å². The van der Waals surface area contributed by atoms with E-state index in [9.17, 15) is 28.3 Å². The van der Waals surface area contributed by atoms with E-state index in [2.05, 4.69) is 10.6 Å². The maximum absolute atomic E-state index is 14.8. The zero-order valence-corrected chi connectivity index (χ0v) is 20.4. The van der Waals surface area contributed by atoms with Crippen molar-refractivity contribution in [3.8, 4) is 11.5 Å². The van der Waals surface area contributed by atoms with Crippen LogP contribution in [-0.2, 0) is 19.9 Å². The minimum absolute atomic E-state index is 0.0281. The predicted molar refractivity (Wildman–Crippen MR) is 128 cm³/mol. The van der Waals surface area contributed by atoms with Gasteiger partial charge in [0.15, 0.2) is 11.5 Å². The summed E-state index contributed by atoms with van der Waals surface area (Å²) in [5, 5.41) is 15.7. The van der Waals surface area contributed by atoms with E-state index in [0.29, 0.717) is 12.4 Å². The number of fused-ring (bicyclic) bond motifs is 5. The number of alkyl halides is 2. The second-order valence-corrected chi connectivity index (χ2v) is 10.3. The molecule has 3 N–H and O–H groups in total. The highest BCUT2D eigenvalue weighted by atomic mass is 35.5. The molecular weight excluding hydrogens is 535 g/mol. The molecule has 2 amide bonds. The van der Waals surface area contributed by atoms with E-state index in [-0.39, 0.29) is 39.3 Å². The topological polar surface area (TPSA) is 117 Å². The van der Waals surface area contributed by atoms with Gasteiger partial charge in [-0.1, -0.05) is 29.3 Å². The smallest absolute Gasteiger partial charge is 0.310 e. The van der Waals surface area contributed by atoms with Gasteiger partial charge in [-0.05, 0) is 24.3 Å². The van der Waals surface area contributed by atoms with Gasteiger partial charge in [-0.25, -0.2) is 8.78 Å². The first-order valence-corrected chi connectivity index (χ1v) is 12.2. The SMILES string of the molecule is O=C(Nc1cccc2c1OCCO2)[C@H]1[C@H]2CC(F)(F)CN2[C@]2(C(=O)Nc3c(Cl)cc(Cl)cc32)[C@H]1C(=O)O. The Morgan fingerprint density at radius 3 is 2.70 bits per heavy atom. The van der Waals surface area contributed by atoms with Gasteiger partial charge in [0.2, 0.25) is 5.91 Å². The first kappa shape index (κ1) is 24.2. The second-order valence-electron chi connectivity index (χ2n) is 9.45. The predicted octanol–water partition coefficient (Wildman–Crippen LogP) is 3.59. The van der Waals surface area contributed by atoms with E-state index in [1.54, 1.807) is 12.1 Å². The molecule has 0 radical (unpaired) electrons. The average Bonchev–Trinajstić information content (AvgIpc) is 3.40. The number of rotatable bonds is 3. The summed E-state index contributed by atoms with van der Waals surface area (Å²) in [6.45, 7) is -0.381. The van der Waals surface area contributed by atoms with Gasteiger partial charge in [0.25, 0.3) is 11.8 Å². The van der Waals surface area contributed by atoms with Crippen LogP contribution in [0.5, 0.6) is 11.5 Å². The van der Waals surface area contributed by atoms with Crippen LogP contribution in [0.1, 0.15) is 12.0 Å². The molecule has 37 heavy (non-hydrogen) atoms. The van der Waals surface area contributed by atoms with Crippen LogP contribution in [0.15, 0.2) is 30.3 Å². The van der Waals surface area contributed by atoms with Crippen LogP contribution in [0.4, 0.5) is 20.2 Å². The number of nitrogens with one attached hydrogen (secondary N) is 2. The van der Waals surface area contributed by atoms with Gasteiger partial charge < -0.3 is 25.2 Å². The van der Waals surface area contributed by atoms with Crippen molar-refractivity contribution in [2.75, 3.05) is 30.4 Å². The summed E-state index contributed by atoms with van der Waals surface area (Å²) in [7, 11) is 0. The number of hydrogen-bond acceptors (Lipinski definition) is 6. The number of halogens is 4. The Balaban J connectivity index is 1.49. The Kier molecular flexibility index (Phi) is 5.35. The molecule has 6 rings (SSSR count). The third-order valence-electron chi connectivity index (χ3n) is 7.43. The molecule has 2 fully saturated rings. The molecule has 0 unspecified atom stereocenters. The van der Waals surface area contributed by atoms with Crippen LogP contribution in [0, 0.1) is 11.8 Å². The van der Waals surface area contributed by atoms with Crippen molar-refractivity contribution in [3.05, 3.63) is 45.9 Å². The maximum atomic E-state index is 14.8. The third-order valence-corrected chi connectivity index (χ3v) is 7.95. The summed E-state index contributed by atoms with van der Waals surface area (Å²) in [5.74, 6) is -9.08. The highest BCUT2D eigenvalue weighted by molar-refractivity contribution is 6.38. The summed E-state index contributed by atoms with van der Waals surface area (Å²) >= 11 is 12.5. The van der Waals surface area contributed by atoms with Crippen LogP contribution in [-0.4, -0.2) is 59.5 Å². The zero-order valence-electron chi connectivity index (χ0n) is 18.9. The number of hydrogen-bond donors (Lipinski definition) is 3. The average molecular weight is 554 g/mol. The van der Waals surface area contributed by atoms with Gasteiger partial charge in [0.05, 0.1) is 28.9 Å². The monoisotopic (exact) mass is 553 g/mol. The van der Waals surface area contributed by atoms with Crippen LogP contribution in [0.25, 0.3) is 0 Å². The van der Waals surface area contributed by atoms with Crippen LogP contribution in [0.2, 0.25) is 10.0 Å². The summed E-state index contributed by atoms with van der Waals surface area (Å²) in [6, 6.07) is 6.21. The Hall–Kier alpha value is -3.15. The molecule has 4 atom stereocenters. The molecule has 2 saturated heterocycles. The number of carbonyl (C=O) groups excluding carboxylic acids is 2. The highest BCUT2D eigenvalue weighted by Crippen LogP contribution is 2.61. The first-order chi connectivity index (χ1) is 17.5. The Morgan fingerprint density at radius 1 is 1.19 bits per heavy atom. The van der Waals surface area contributed by atoms with Crippen molar-refractivity contribution in [3.63, 3.8) is 0 Å². The zero-order chi connectivity index (χ0) is 26.3. The van der Waals surface area contributed by atoms with Gasteiger partial charge in [-0.15, -0.1) is 0 Å². The summed E-state index contributed by atoms with van der Waals surface area (Å²) < 4.78 is 40.8. The van der Waals surface area contributed by atoms with Gasteiger partial charge in [0.1, 0.15) is 24.7 Å². The van der Waals surface area contributed by atoms with Crippen LogP contribution >= 0.6 is 23.2 Å². The number of carboxylic acid groups (broad SMARTS) is 1. The fourth-order valence-corrected chi connectivity index (χ4v) is 6.73. The molecule has 0 bridgehead atoms. The van der Waals surface area contributed by atoms with E-state index in [4.69, 9.17) is 32.7 Å². The number of carbonyl (C=O) groups is 3. The lowest BCUT2D eigenvalue weighted by Gasteiger charge is -2.35. The number of benzene rings is 2. The molecule has 4 heterocycles. The van der Waals surface area contributed by atoms with Crippen molar-refractivity contribution >= 4 is 52.4 Å². The molecule has 0 saturated carbocycles. The van der Waals surface area contributed by atoms with Gasteiger partial charge in [-0.3, -0.25) is 19.3 Å². The lowest BCUT2D eigenvalue weighted by molar-refractivity contribution is -0.153. The summed E-state index contributed by atoms with van der Waals surface area (Å²) in [6.07, 6.45) is -0.806. The van der Waals surface area contributed by atoms with E-state index in [0.717, 1.165) is 4.90 Å². The second kappa shape index (κ2) is 8.17. The molecule has 9 nitrogen and oxygen atoms in total. The van der Waals surface area contributed by atoms with Crippen molar-refractivity contribution in [1.29, 1.82) is 0 Å². The first-order valence-electron chi connectivity index (χ1n) is 11.4. The molecule has 194 valence electrons. The molecule has 1 spiro atoms. The van der Waals surface area contributed by atoms with E-state index >= 15 is 0 Å². The summed E-state index contributed by atoms with van der Waals surface area (Å²) in [4.78, 5) is 41.2. The van der Waals surface area contributed by atoms with Crippen LogP contribution in [0.3, 0.4) is 0 Å². The number of nitrogens with zero attached hydrogens (tertiary/aromatic N) is 1. The molecule has 0 aliphatic carbocycles. The van der Waals surface area contributed by atoms with Gasteiger partial charge in [-0.2, -0.15) is 0 Å². The molecule has 0 aromatic heterocycles. The molecule has 2 aromatic carbocycles. The minimum Gasteiger partial charge on any atom is -0.486 e. The fourth-order valence-electron chi connectivity index (χ4n) is 6.19. The van der Waals surface area contributed by atoms with Gasteiger partial charge in [0, 0.05) is 23.0 Å². The largest absolute Gasteiger partial charge is 0.486 e. The normalized spacial score (nSPS) is 29.1.